The Balaban J connectivity index is 1.58. The average molecular weight is 363 g/mol. The number of aromatic nitrogens is 1. The minimum atomic E-state index is -0.403. The highest BCUT2D eigenvalue weighted by Gasteiger charge is 2.09. The number of carbonyl (C=O) groups excluding carboxylic acids is 2. The van der Waals surface area contributed by atoms with Gasteiger partial charge in [0.1, 0.15) is 5.82 Å². The van der Waals surface area contributed by atoms with Gasteiger partial charge in [0.05, 0.1) is 12.0 Å². The van der Waals surface area contributed by atoms with Crippen LogP contribution < -0.4 is 10.6 Å². The van der Waals surface area contributed by atoms with Gasteiger partial charge in [-0.05, 0) is 41.5 Å². The van der Waals surface area contributed by atoms with Gasteiger partial charge in [-0.1, -0.05) is 30.3 Å². The van der Waals surface area contributed by atoms with Gasteiger partial charge >= 0.3 is 0 Å². The Morgan fingerprint density at radius 2 is 1.85 bits per heavy atom. The molecule has 0 bridgehead atoms. The fraction of sp³-hybridized carbons (Fsp3) is 0.0952. The molecule has 3 rings (SSSR count). The Kier molecular flexibility index (Phi) is 5.89. The van der Waals surface area contributed by atoms with E-state index in [1.54, 1.807) is 54.7 Å². The Morgan fingerprint density at radius 1 is 1.00 bits per heavy atom. The average Bonchev–Trinajstić information content (AvgIpc) is 2.69. The molecule has 27 heavy (non-hydrogen) atoms. The number of anilines is 1. The number of pyridine rings is 1. The fourth-order valence-corrected chi connectivity index (χ4v) is 2.56. The highest BCUT2D eigenvalue weighted by Crippen LogP contribution is 2.13. The van der Waals surface area contributed by atoms with Gasteiger partial charge in [-0.2, -0.15) is 0 Å². The fourth-order valence-electron chi connectivity index (χ4n) is 2.56. The second kappa shape index (κ2) is 8.71. The Hall–Kier alpha value is -3.54. The predicted octanol–water partition coefficient (Wildman–Crippen LogP) is 3.33. The van der Waals surface area contributed by atoms with E-state index in [-0.39, 0.29) is 18.2 Å². The molecule has 3 aromatic rings. The van der Waals surface area contributed by atoms with E-state index < -0.39 is 5.82 Å². The van der Waals surface area contributed by atoms with Gasteiger partial charge in [0, 0.05) is 24.6 Å². The van der Waals surface area contributed by atoms with Crippen LogP contribution in [0.15, 0.2) is 73.1 Å². The summed E-state index contributed by atoms with van der Waals surface area (Å²) in [5.41, 5.74) is 2.24. The molecule has 0 radical (unpaired) electrons. The van der Waals surface area contributed by atoms with E-state index in [9.17, 15) is 14.0 Å². The van der Waals surface area contributed by atoms with Crippen molar-refractivity contribution < 1.29 is 14.0 Å². The summed E-state index contributed by atoms with van der Waals surface area (Å²) < 4.78 is 13.6. The third-order valence-electron chi connectivity index (χ3n) is 3.90. The molecule has 2 N–H and O–H groups in total. The quantitative estimate of drug-likeness (QED) is 0.706. The van der Waals surface area contributed by atoms with Crippen LogP contribution in [0.5, 0.6) is 0 Å². The highest BCUT2D eigenvalue weighted by atomic mass is 19.1. The first-order valence-electron chi connectivity index (χ1n) is 8.42. The molecule has 0 aliphatic rings. The van der Waals surface area contributed by atoms with Crippen molar-refractivity contribution >= 4 is 17.5 Å². The number of amides is 2. The molecule has 0 atom stereocenters. The maximum absolute atomic E-state index is 13.6. The van der Waals surface area contributed by atoms with E-state index in [0.29, 0.717) is 23.4 Å². The number of nitrogens with one attached hydrogen (secondary N) is 2. The lowest BCUT2D eigenvalue weighted by Gasteiger charge is -2.09. The van der Waals surface area contributed by atoms with Gasteiger partial charge in [-0.3, -0.25) is 14.6 Å². The molecule has 0 fully saturated rings. The predicted molar refractivity (Wildman–Crippen MR) is 101 cm³/mol. The van der Waals surface area contributed by atoms with Crippen LogP contribution in [0.4, 0.5) is 10.1 Å². The van der Waals surface area contributed by atoms with E-state index in [2.05, 4.69) is 15.6 Å². The van der Waals surface area contributed by atoms with Gasteiger partial charge in [0.2, 0.25) is 5.91 Å². The van der Waals surface area contributed by atoms with Crippen LogP contribution in [0.1, 0.15) is 21.5 Å². The first-order chi connectivity index (χ1) is 13.1. The smallest absolute Gasteiger partial charge is 0.253 e. The van der Waals surface area contributed by atoms with E-state index in [1.807, 2.05) is 6.07 Å². The van der Waals surface area contributed by atoms with Crippen LogP contribution >= 0.6 is 0 Å². The van der Waals surface area contributed by atoms with Crippen molar-refractivity contribution in [2.45, 2.75) is 13.0 Å². The summed E-state index contributed by atoms with van der Waals surface area (Å²) in [7, 11) is 0. The largest absolute Gasteiger partial charge is 0.348 e. The first-order valence-corrected chi connectivity index (χ1v) is 8.42. The Bertz CT molecular complexity index is 945. The molecule has 2 aromatic carbocycles. The standard InChI is InChI=1S/C21H18FN3O2/c22-19-9-2-1-6-16(19)12-20(26)25-18-8-3-5-15(11-18)13-24-21(27)17-7-4-10-23-14-17/h1-11,14H,12-13H2,(H,24,27)(H,25,26). The van der Waals surface area contributed by atoms with Crippen molar-refractivity contribution in [3.63, 3.8) is 0 Å². The minimum Gasteiger partial charge on any atom is -0.348 e. The van der Waals surface area contributed by atoms with Crippen molar-refractivity contribution in [2.24, 2.45) is 0 Å². The molecular weight excluding hydrogens is 345 g/mol. The van der Waals surface area contributed by atoms with E-state index in [1.165, 1.54) is 12.3 Å². The molecule has 0 aliphatic carbocycles. The normalized spacial score (nSPS) is 10.3. The first kappa shape index (κ1) is 18.3. The van der Waals surface area contributed by atoms with E-state index in [4.69, 9.17) is 0 Å². The number of benzene rings is 2. The second-order valence-electron chi connectivity index (χ2n) is 5.94. The van der Waals surface area contributed by atoms with Gasteiger partial charge in [0.15, 0.2) is 0 Å². The maximum Gasteiger partial charge on any atom is 0.253 e. The van der Waals surface area contributed by atoms with Crippen LogP contribution in [0.25, 0.3) is 0 Å². The van der Waals surface area contributed by atoms with Crippen LogP contribution in [-0.4, -0.2) is 16.8 Å². The number of carbonyl (C=O) groups is 2. The Morgan fingerprint density at radius 3 is 2.63 bits per heavy atom. The second-order valence-corrected chi connectivity index (χ2v) is 5.94. The SMILES string of the molecule is O=C(Cc1ccccc1F)Nc1cccc(CNC(=O)c2cccnc2)c1. The molecule has 1 aromatic heterocycles. The molecule has 0 spiro atoms. The van der Waals surface area contributed by atoms with Gasteiger partial charge in [-0.25, -0.2) is 4.39 Å². The summed E-state index contributed by atoms with van der Waals surface area (Å²) in [6.07, 6.45) is 3.05. The lowest BCUT2D eigenvalue weighted by atomic mass is 10.1. The lowest BCUT2D eigenvalue weighted by Crippen LogP contribution is -2.23. The van der Waals surface area contributed by atoms with Crippen molar-refractivity contribution in [1.29, 1.82) is 0 Å². The van der Waals surface area contributed by atoms with Crippen molar-refractivity contribution in [2.75, 3.05) is 5.32 Å². The molecular formula is C21H18FN3O2. The lowest BCUT2D eigenvalue weighted by molar-refractivity contribution is -0.115. The molecule has 0 saturated carbocycles. The third-order valence-corrected chi connectivity index (χ3v) is 3.90. The topological polar surface area (TPSA) is 71.1 Å². The number of rotatable bonds is 6. The van der Waals surface area contributed by atoms with Crippen LogP contribution in [0.2, 0.25) is 0 Å². The summed E-state index contributed by atoms with van der Waals surface area (Å²) in [5, 5.41) is 5.55. The summed E-state index contributed by atoms with van der Waals surface area (Å²) in [4.78, 5) is 28.1. The van der Waals surface area contributed by atoms with Crippen molar-refractivity contribution in [1.82, 2.24) is 10.3 Å². The highest BCUT2D eigenvalue weighted by molar-refractivity contribution is 5.94. The molecule has 5 nitrogen and oxygen atoms in total. The molecule has 0 unspecified atom stereocenters. The Labute approximate surface area is 156 Å². The summed E-state index contributed by atoms with van der Waals surface area (Å²) >= 11 is 0. The van der Waals surface area contributed by atoms with Crippen molar-refractivity contribution in [3.05, 3.63) is 95.6 Å². The van der Waals surface area contributed by atoms with E-state index in [0.717, 1.165) is 5.56 Å². The van der Waals surface area contributed by atoms with Gasteiger partial charge in [-0.15, -0.1) is 0 Å². The van der Waals surface area contributed by atoms with Crippen LogP contribution in [0.3, 0.4) is 0 Å². The van der Waals surface area contributed by atoms with Gasteiger partial charge in [0.25, 0.3) is 5.91 Å². The van der Waals surface area contributed by atoms with Crippen LogP contribution in [-0.2, 0) is 17.8 Å². The molecule has 0 saturated heterocycles. The zero-order valence-corrected chi connectivity index (χ0v) is 14.5. The number of nitrogens with zero attached hydrogens (tertiary/aromatic N) is 1. The third kappa shape index (κ3) is 5.22. The number of halogens is 1. The molecule has 6 heteroatoms. The maximum atomic E-state index is 13.6. The minimum absolute atomic E-state index is 0.0470. The molecule has 2 amide bonds. The van der Waals surface area contributed by atoms with Gasteiger partial charge < -0.3 is 10.6 Å². The summed E-state index contributed by atoms with van der Waals surface area (Å²) in [5.74, 6) is -0.937. The molecule has 0 aliphatic heterocycles. The van der Waals surface area contributed by atoms with Crippen LogP contribution in [0, 0.1) is 5.82 Å². The van der Waals surface area contributed by atoms with Crippen molar-refractivity contribution in [3.8, 4) is 0 Å². The molecule has 136 valence electrons. The monoisotopic (exact) mass is 363 g/mol. The van der Waals surface area contributed by atoms with E-state index >= 15 is 0 Å². The zero-order valence-electron chi connectivity index (χ0n) is 14.5. The number of hydrogen-bond donors (Lipinski definition) is 2. The summed E-state index contributed by atoms with van der Waals surface area (Å²) in [6, 6.07) is 16.7. The summed E-state index contributed by atoms with van der Waals surface area (Å²) in [6.45, 7) is 0.310. The molecule has 1 heterocycles. The number of hydrogen-bond acceptors (Lipinski definition) is 3. The zero-order chi connectivity index (χ0) is 19.1.